The van der Waals surface area contributed by atoms with Gasteiger partial charge in [-0.2, -0.15) is 0 Å². The standard InChI is InChI=1S/C27H26N4O2S/c1-33-24-14-8-7-13-23(24)30-15-17-31(18-16-30)25(32)19-34-27-22-12-6-5-11-21(22)26(28-29-27)20-9-3-2-4-10-20/h2-14H,15-19H2,1H3. The Morgan fingerprint density at radius 2 is 1.53 bits per heavy atom. The van der Waals surface area contributed by atoms with Crippen LogP contribution < -0.4 is 9.64 Å². The van der Waals surface area contributed by atoms with Crippen molar-refractivity contribution in [2.45, 2.75) is 5.03 Å². The van der Waals surface area contributed by atoms with Crippen LogP contribution in [0.2, 0.25) is 0 Å². The first-order valence-electron chi connectivity index (χ1n) is 11.3. The van der Waals surface area contributed by atoms with Gasteiger partial charge in [0.1, 0.15) is 16.5 Å². The van der Waals surface area contributed by atoms with E-state index in [-0.39, 0.29) is 5.91 Å². The van der Waals surface area contributed by atoms with Gasteiger partial charge in [-0.1, -0.05) is 78.5 Å². The number of aromatic nitrogens is 2. The van der Waals surface area contributed by atoms with Gasteiger partial charge in [0.15, 0.2) is 0 Å². The number of hydrogen-bond donors (Lipinski definition) is 0. The van der Waals surface area contributed by atoms with Crippen LogP contribution in [0, 0.1) is 0 Å². The van der Waals surface area contributed by atoms with E-state index in [1.165, 1.54) is 11.8 Å². The van der Waals surface area contributed by atoms with Crippen LogP contribution >= 0.6 is 11.8 Å². The first-order chi connectivity index (χ1) is 16.7. The van der Waals surface area contributed by atoms with Crippen molar-refractivity contribution in [2.75, 3.05) is 43.9 Å². The zero-order valence-corrected chi connectivity index (χ0v) is 19.9. The van der Waals surface area contributed by atoms with Gasteiger partial charge in [-0.15, -0.1) is 10.2 Å². The normalized spacial score (nSPS) is 13.8. The molecule has 1 aromatic heterocycles. The molecule has 0 atom stereocenters. The van der Waals surface area contributed by atoms with Crippen LogP contribution in [0.3, 0.4) is 0 Å². The largest absolute Gasteiger partial charge is 0.495 e. The molecule has 6 nitrogen and oxygen atoms in total. The quantitative estimate of drug-likeness (QED) is 0.379. The minimum atomic E-state index is 0.127. The predicted molar refractivity (Wildman–Crippen MR) is 137 cm³/mol. The highest BCUT2D eigenvalue weighted by atomic mass is 32.2. The Morgan fingerprint density at radius 1 is 0.853 bits per heavy atom. The van der Waals surface area contributed by atoms with E-state index in [1.807, 2.05) is 65.6 Å². The van der Waals surface area contributed by atoms with E-state index in [2.05, 4.69) is 33.3 Å². The van der Waals surface area contributed by atoms with E-state index in [0.29, 0.717) is 18.8 Å². The van der Waals surface area contributed by atoms with Crippen molar-refractivity contribution in [1.29, 1.82) is 0 Å². The van der Waals surface area contributed by atoms with Gasteiger partial charge in [-0.25, -0.2) is 0 Å². The Labute approximate surface area is 203 Å². The second-order valence-electron chi connectivity index (χ2n) is 8.09. The van der Waals surface area contributed by atoms with Crippen molar-refractivity contribution in [2.24, 2.45) is 0 Å². The highest BCUT2D eigenvalue weighted by molar-refractivity contribution is 8.00. The third-order valence-corrected chi connectivity index (χ3v) is 7.06. The van der Waals surface area contributed by atoms with Crippen LogP contribution in [0.5, 0.6) is 5.75 Å². The molecule has 0 saturated carbocycles. The highest BCUT2D eigenvalue weighted by Gasteiger charge is 2.23. The summed E-state index contributed by atoms with van der Waals surface area (Å²) in [6.07, 6.45) is 0. The SMILES string of the molecule is COc1ccccc1N1CCN(C(=O)CSc2nnc(-c3ccccc3)c3ccccc23)CC1. The average Bonchev–Trinajstić information content (AvgIpc) is 2.92. The fourth-order valence-electron chi connectivity index (χ4n) is 4.30. The second-order valence-corrected chi connectivity index (χ2v) is 9.06. The number of ether oxygens (including phenoxy) is 1. The fraction of sp³-hybridized carbons (Fsp3) is 0.222. The van der Waals surface area contributed by atoms with Crippen LogP contribution in [0.4, 0.5) is 5.69 Å². The summed E-state index contributed by atoms with van der Waals surface area (Å²) < 4.78 is 5.49. The Balaban J connectivity index is 1.25. The van der Waals surface area contributed by atoms with E-state index in [4.69, 9.17) is 4.74 Å². The minimum absolute atomic E-state index is 0.127. The Morgan fingerprint density at radius 3 is 2.29 bits per heavy atom. The van der Waals surface area contributed by atoms with Crippen molar-refractivity contribution < 1.29 is 9.53 Å². The zero-order chi connectivity index (χ0) is 23.3. The summed E-state index contributed by atoms with van der Waals surface area (Å²) in [4.78, 5) is 17.2. The maximum atomic E-state index is 13.0. The molecule has 1 aliphatic rings. The zero-order valence-electron chi connectivity index (χ0n) is 19.1. The van der Waals surface area contributed by atoms with Crippen LogP contribution in [0.1, 0.15) is 0 Å². The second kappa shape index (κ2) is 10.1. The van der Waals surface area contributed by atoms with Crippen molar-refractivity contribution in [3.63, 3.8) is 0 Å². The van der Waals surface area contributed by atoms with Gasteiger partial charge < -0.3 is 14.5 Å². The molecule has 0 aliphatic carbocycles. The molecule has 0 spiro atoms. The number of fused-ring (bicyclic) bond motifs is 1. The van der Waals surface area contributed by atoms with Gasteiger partial charge in [0.2, 0.25) is 5.91 Å². The Kier molecular flexibility index (Phi) is 6.62. The first-order valence-corrected chi connectivity index (χ1v) is 12.3. The van der Waals surface area contributed by atoms with Crippen LogP contribution in [-0.2, 0) is 4.79 Å². The number of thioether (sulfide) groups is 1. The van der Waals surface area contributed by atoms with Gasteiger partial charge in [0.05, 0.1) is 18.6 Å². The number of amides is 1. The number of hydrogen-bond acceptors (Lipinski definition) is 6. The molecule has 0 unspecified atom stereocenters. The van der Waals surface area contributed by atoms with E-state index >= 15 is 0 Å². The molecule has 0 bridgehead atoms. The van der Waals surface area contributed by atoms with Gasteiger partial charge in [-0.3, -0.25) is 4.79 Å². The minimum Gasteiger partial charge on any atom is -0.495 e. The summed E-state index contributed by atoms with van der Waals surface area (Å²) in [6.45, 7) is 2.95. The topological polar surface area (TPSA) is 58.6 Å². The predicted octanol–water partition coefficient (Wildman–Crippen LogP) is 4.75. The average molecular weight is 471 g/mol. The van der Waals surface area contributed by atoms with Crippen LogP contribution in [0.15, 0.2) is 83.9 Å². The number of nitrogens with zero attached hydrogens (tertiary/aromatic N) is 4. The molecule has 5 rings (SSSR count). The summed E-state index contributed by atoms with van der Waals surface area (Å²) >= 11 is 1.46. The lowest BCUT2D eigenvalue weighted by Gasteiger charge is -2.36. The number of methoxy groups -OCH3 is 1. The number of rotatable bonds is 6. The fourth-order valence-corrected chi connectivity index (χ4v) is 5.18. The molecule has 0 radical (unpaired) electrons. The molecule has 1 amide bonds. The molecular formula is C27H26N4O2S. The highest BCUT2D eigenvalue weighted by Crippen LogP contribution is 2.32. The van der Waals surface area contributed by atoms with Gasteiger partial charge >= 0.3 is 0 Å². The number of anilines is 1. The summed E-state index contributed by atoms with van der Waals surface area (Å²) in [5.74, 6) is 1.34. The Hall–Kier alpha value is -3.58. The molecular weight excluding hydrogens is 444 g/mol. The molecule has 34 heavy (non-hydrogen) atoms. The molecule has 4 aromatic rings. The van der Waals surface area contributed by atoms with Crippen molar-refractivity contribution >= 4 is 34.1 Å². The van der Waals surface area contributed by atoms with Crippen molar-refractivity contribution in [3.05, 3.63) is 78.9 Å². The molecule has 172 valence electrons. The molecule has 2 heterocycles. The molecule has 1 fully saturated rings. The van der Waals surface area contributed by atoms with Crippen LogP contribution in [0.25, 0.3) is 22.0 Å². The van der Waals surface area contributed by atoms with Crippen molar-refractivity contribution in [1.82, 2.24) is 15.1 Å². The summed E-state index contributed by atoms with van der Waals surface area (Å²) in [5.41, 5.74) is 2.97. The molecule has 3 aromatic carbocycles. The molecule has 1 aliphatic heterocycles. The van der Waals surface area contributed by atoms with Gasteiger partial charge in [0.25, 0.3) is 0 Å². The lowest BCUT2D eigenvalue weighted by atomic mass is 10.1. The third-order valence-electron chi connectivity index (χ3n) is 6.09. The number of carbonyl (C=O) groups is 1. The lowest BCUT2D eigenvalue weighted by molar-refractivity contribution is -0.128. The summed E-state index contributed by atoms with van der Waals surface area (Å²) in [5, 5.41) is 11.9. The lowest BCUT2D eigenvalue weighted by Crippen LogP contribution is -2.49. The first kappa shape index (κ1) is 22.2. The maximum Gasteiger partial charge on any atom is 0.233 e. The molecule has 1 saturated heterocycles. The van der Waals surface area contributed by atoms with Gasteiger partial charge in [-0.05, 0) is 12.1 Å². The monoisotopic (exact) mass is 470 g/mol. The Bertz CT molecular complexity index is 1290. The smallest absolute Gasteiger partial charge is 0.233 e. The number of benzene rings is 3. The molecule has 7 heteroatoms. The van der Waals surface area contributed by atoms with Crippen LogP contribution in [-0.4, -0.2) is 60.0 Å². The maximum absolute atomic E-state index is 13.0. The third kappa shape index (κ3) is 4.56. The number of para-hydroxylation sites is 2. The summed E-state index contributed by atoms with van der Waals surface area (Å²) in [7, 11) is 1.69. The van der Waals surface area contributed by atoms with E-state index in [0.717, 1.165) is 51.6 Å². The van der Waals surface area contributed by atoms with E-state index in [1.54, 1.807) is 7.11 Å². The van der Waals surface area contributed by atoms with E-state index < -0.39 is 0 Å². The van der Waals surface area contributed by atoms with E-state index in [9.17, 15) is 4.79 Å². The molecule has 0 N–H and O–H groups in total. The number of piperazine rings is 1. The summed E-state index contributed by atoms with van der Waals surface area (Å²) in [6, 6.07) is 26.2. The van der Waals surface area contributed by atoms with Gasteiger partial charge in [0, 0.05) is 42.5 Å². The van der Waals surface area contributed by atoms with Crippen molar-refractivity contribution in [3.8, 4) is 17.0 Å². The number of carbonyl (C=O) groups excluding carboxylic acids is 1.